The Morgan fingerprint density at radius 1 is 0.933 bits per heavy atom. The van der Waals surface area contributed by atoms with E-state index in [-0.39, 0.29) is 6.17 Å². The molecule has 6 heteroatoms. The van der Waals surface area contributed by atoms with Crippen LogP contribution in [0.5, 0.6) is 0 Å². The summed E-state index contributed by atoms with van der Waals surface area (Å²) in [5, 5.41) is 4.77. The lowest BCUT2D eigenvalue weighted by Gasteiger charge is -2.42. The molecule has 0 aliphatic carbocycles. The van der Waals surface area contributed by atoms with Crippen molar-refractivity contribution >= 4 is 0 Å². The third-order valence-electron chi connectivity index (χ3n) is 2.42. The lowest BCUT2D eigenvalue weighted by molar-refractivity contribution is -0.0908. The standard InChI is InChI=1S/C9H16N6/c10-13-6-14(11)9(15(12)7-13)8-4-2-1-3-5-8/h1-5,9H,6-7,10-12H2. The Bertz CT molecular complexity index is 304. The predicted octanol–water partition coefficient (Wildman–Crippen LogP) is -0.859. The number of rotatable bonds is 1. The van der Waals surface area contributed by atoms with E-state index in [1.807, 2.05) is 30.3 Å². The largest absolute Gasteiger partial charge is 0.266 e. The molecule has 15 heavy (non-hydrogen) atoms. The maximum Gasteiger partial charge on any atom is 0.117 e. The van der Waals surface area contributed by atoms with Gasteiger partial charge in [0.25, 0.3) is 0 Å². The van der Waals surface area contributed by atoms with E-state index in [4.69, 9.17) is 17.5 Å². The second-order valence-electron chi connectivity index (χ2n) is 3.68. The SMILES string of the molecule is NN1CN(N)C(c2ccccc2)N(N)C1. The quantitative estimate of drug-likeness (QED) is 0.521. The normalized spacial score (nSPS) is 22.1. The van der Waals surface area contributed by atoms with Crippen molar-refractivity contribution in [3.8, 4) is 0 Å². The van der Waals surface area contributed by atoms with Gasteiger partial charge in [0.05, 0.1) is 13.3 Å². The van der Waals surface area contributed by atoms with E-state index in [2.05, 4.69) is 0 Å². The molecule has 1 fully saturated rings. The van der Waals surface area contributed by atoms with Crippen LogP contribution in [0.3, 0.4) is 0 Å². The molecule has 0 aromatic heterocycles. The molecule has 6 N–H and O–H groups in total. The van der Waals surface area contributed by atoms with Crippen LogP contribution in [-0.2, 0) is 0 Å². The fourth-order valence-electron chi connectivity index (χ4n) is 1.82. The Labute approximate surface area is 88.7 Å². The smallest absolute Gasteiger partial charge is 0.117 e. The van der Waals surface area contributed by atoms with Crippen LogP contribution < -0.4 is 17.5 Å². The first-order chi connectivity index (χ1) is 7.18. The molecule has 6 nitrogen and oxygen atoms in total. The van der Waals surface area contributed by atoms with Gasteiger partial charge in [0.15, 0.2) is 0 Å². The summed E-state index contributed by atoms with van der Waals surface area (Å²) >= 11 is 0. The summed E-state index contributed by atoms with van der Waals surface area (Å²) in [6.45, 7) is 0.987. The third kappa shape index (κ3) is 2.15. The molecule has 1 aliphatic heterocycles. The fourth-order valence-corrected chi connectivity index (χ4v) is 1.82. The molecule has 0 bridgehead atoms. The fraction of sp³-hybridized carbons (Fsp3) is 0.333. The van der Waals surface area contributed by atoms with Crippen LogP contribution in [0.1, 0.15) is 11.7 Å². The van der Waals surface area contributed by atoms with Gasteiger partial charge >= 0.3 is 0 Å². The number of hydrazine groups is 3. The monoisotopic (exact) mass is 208 g/mol. The molecule has 1 aliphatic rings. The van der Waals surface area contributed by atoms with E-state index >= 15 is 0 Å². The lowest BCUT2D eigenvalue weighted by Crippen LogP contribution is -2.62. The Morgan fingerprint density at radius 3 is 2.00 bits per heavy atom. The number of nitrogens with two attached hydrogens (primary N) is 3. The first-order valence-corrected chi connectivity index (χ1v) is 4.76. The molecule has 1 aromatic carbocycles. The number of hydrogen-bond donors (Lipinski definition) is 3. The van der Waals surface area contributed by atoms with E-state index in [1.165, 1.54) is 0 Å². The van der Waals surface area contributed by atoms with Gasteiger partial charge in [-0.05, 0) is 5.56 Å². The van der Waals surface area contributed by atoms with Crippen molar-refractivity contribution in [2.24, 2.45) is 17.5 Å². The van der Waals surface area contributed by atoms with E-state index in [1.54, 1.807) is 15.0 Å². The Balaban J connectivity index is 2.21. The van der Waals surface area contributed by atoms with Gasteiger partial charge in [0, 0.05) is 0 Å². The van der Waals surface area contributed by atoms with Crippen molar-refractivity contribution in [1.82, 2.24) is 15.0 Å². The van der Waals surface area contributed by atoms with Crippen molar-refractivity contribution in [3.05, 3.63) is 35.9 Å². The van der Waals surface area contributed by atoms with Crippen LogP contribution in [0.4, 0.5) is 0 Å². The second-order valence-corrected chi connectivity index (χ2v) is 3.68. The number of benzene rings is 1. The van der Waals surface area contributed by atoms with Gasteiger partial charge in [0.2, 0.25) is 0 Å². The summed E-state index contributed by atoms with van der Waals surface area (Å²) in [7, 11) is 0. The molecule has 0 saturated carbocycles. The molecule has 0 spiro atoms. The van der Waals surface area contributed by atoms with Crippen LogP contribution in [0.15, 0.2) is 30.3 Å². The molecule has 1 heterocycles. The highest BCUT2D eigenvalue weighted by atomic mass is 15.7. The van der Waals surface area contributed by atoms with E-state index in [0.29, 0.717) is 13.3 Å². The van der Waals surface area contributed by atoms with Crippen LogP contribution in [-0.4, -0.2) is 28.4 Å². The molecule has 0 amide bonds. The van der Waals surface area contributed by atoms with Crippen molar-refractivity contribution in [1.29, 1.82) is 0 Å². The molecule has 0 atom stereocenters. The molecular formula is C9H16N6. The summed E-state index contributed by atoms with van der Waals surface area (Å²) in [4.78, 5) is 0. The van der Waals surface area contributed by atoms with Crippen molar-refractivity contribution in [3.63, 3.8) is 0 Å². The molecule has 1 aromatic rings. The minimum Gasteiger partial charge on any atom is -0.266 e. The zero-order valence-corrected chi connectivity index (χ0v) is 8.45. The van der Waals surface area contributed by atoms with Gasteiger partial charge in [-0.2, -0.15) is 0 Å². The lowest BCUT2D eigenvalue weighted by atomic mass is 10.1. The van der Waals surface area contributed by atoms with E-state index in [9.17, 15) is 0 Å². The van der Waals surface area contributed by atoms with Crippen molar-refractivity contribution in [2.45, 2.75) is 6.17 Å². The topological polar surface area (TPSA) is 87.8 Å². The summed E-state index contributed by atoms with van der Waals surface area (Å²) in [5.41, 5.74) is 1.07. The molecule has 2 rings (SSSR count). The van der Waals surface area contributed by atoms with E-state index < -0.39 is 0 Å². The maximum absolute atomic E-state index is 5.88. The average molecular weight is 208 g/mol. The maximum atomic E-state index is 5.88. The van der Waals surface area contributed by atoms with Crippen LogP contribution >= 0.6 is 0 Å². The second kappa shape index (κ2) is 4.23. The molecule has 82 valence electrons. The zero-order chi connectivity index (χ0) is 10.8. The van der Waals surface area contributed by atoms with Crippen molar-refractivity contribution in [2.75, 3.05) is 13.3 Å². The minimum absolute atomic E-state index is 0.119. The highest BCUT2D eigenvalue weighted by Gasteiger charge is 2.29. The minimum atomic E-state index is -0.119. The molecule has 1 saturated heterocycles. The number of hydrogen-bond acceptors (Lipinski definition) is 6. The summed E-state index contributed by atoms with van der Waals surface area (Å²) in [6, 6.07) is 9.88. The third-order valence-corrected chi connectivity index (χ3v) is 2.42. The van der Waals surface area contributed by atoms with E-state index in [0.717, 1.165) is 5.56 Å². The first-order valence-electron chi connectivity index (χ1n) is 4.76. The molecule has 0 radical (unpaired) electrons. The highest BCUT2D eigenvalue weighted by molar-refractivity contribution is 5.18. The Hall–Kier alpha value is -1.02. The van der Waals surface area contributed by atoms with Gasteiger partial charge in [-0.15, -0.1) is 0 Å². The van der Waals surface area contributed by atoms with Crippen LogP contribution in [0.25, 0.3) is 0 Å². The number of nitrogens with zero attached hydrogens (tertiary/aromatic N) is 3. The zero-order valence-electron chi connectivity index (χ0n) is 8.45. The Kier molecular flexibility index (Phi) is 2.96. The van der Waals surface area contributed by atoms with Gasteiger partial charge in [-0.3, -0.25) is 17.5 Å². The Morgan fingerprint density at radius 2 is 1.47 bits per heavy atom. The molecule has 0 unspecified atom stereocenters. The van der Waals surface area contributed by atoms with Crippen LogP contribution in [0.2, 0.25) is 0 Å². The van der Waals surface area contributed by atoms with Gasteiger partial charge < -0.3 is 0 Å². The average Bonchev–Trinajstić information content (AvgIpc) is 2.17. The van der Waals surface area contributed by atoms with Gasteiger partial charge in [-0.1, -0.05) is 30.3 Å². The van der Waals surface area contributed by atoms with Crippen LogP contribution in [0, 0.1) is 0 Å². The molecular weight excluding hydrogens is 192 g/mol. The first kappa shape index (κ1) is 10.5. The summed E-state index contributed by atoms with van der Waals surface area (Å²) in [6.07, 6.45) is -0.119. The highest BCUT2D eigenvalue weighted by Crippen LogP contribution is 2.22. The van der Waals surface area contributed by atoms with Gasteiger partial charge in [0.1, 0.15) is 6.17 Å². The summed E-state index contributed by atoms with van der Waals surface area (Å²) < 4.78 is 0. The van der Waals surface area contributed by atoms with Crippen molar-refractivity contribution < 1.29 is 0 Å². The van der Waals surface area contributed by atoms with Gasteiger partial charge in [-0.25, -0.2) is 15.0 Å². The predicted molar refractivity (Wildman–Crippen MR) is 57.0 cm³/mol. The summed E-state index contributed by atoms with van der Waals surface area (Å²) in [5.74, 6) is 17.4.